The summed E-state index contributed by atoms with van der Waals surface area (Å²) in [5.74, 6) is -0.935. The molecule has 0 aliphatic carbocycles. The van der Waals surface area contributed by atoms with E-state index in [0.717, 1.165) is 4.68 Å². The van der Waals surface area contributed by atoms with Crippen molar-refractivity contribution in [3.63, 3.8) is 0 Å². The van der Waals surface area contributed by atoms with Crippen LogP contribution in [0.1, 0.15) is 29.9 Å². The van der Waals surface area contributed by atoms with E-state index in [2.05, 4.69) is 5.10 Å². The van der Waals surface area contributed by atoms with Gasteiger partial charge in [-0.15, -0.1) is 0 Å². The number of hydrogen-bond acceptors (Lipinski definition) is 8. The number of nitrogens with zero attached hydrogens (tertiary/aromatic N) is 3. The summed E-state index contributed by atoms with van der Waals surface area (Å²) >= 11 is 0. The molecule has 2 rings (SSSR count). The maximum atomic E-state index is 12.2. The molecule has 27 heavy (non-hydrogen) atoms. The summed E-state index contributed by atoms with van der Waals surface area (Å²) in [4.78, 5) is 35.0. The van der Waals surface area contributed by atoms with E-state index in [4.69, 9.17) is 14.2 Å². The van der Waals surface area contributed by atoms with Gasteiger partial charge in [-0.2, -0.15) is 5.10 Å². The van der Waals surface area contributed by atoms with E-state index >= 15 is 0 Å². The average Bonchev–Trinajstić information content (AvgIpc) is 3.04. The van der Waals surface area contributed by atoms with Gasteiger partial charge in [-0.25, -0.2) is 9.48 Å². The van der Waals surface area contributed by atoms with Crippen molar-refractivity contribution in [2.75, 3.05) is 20.3 Å². The van der Waals surface area contributed by atoms with Gasteiger partial charge < -0.3 is 14.2 Å². The lowest BCUT2D eigenvalue weighted by atomic mass is 10.1. The Morgan fingerprint density at radius 3 is 2.52 bits per heavy atom. The number of ether oxygens (including phenoxy) is 3. The Hall–Kier alpha value is -3.43. The topological polar surface area (TPSA) is 123 Å². The number of aromatic nitrogens is 2. The minimum Gasteiger partial charge on any atom is -0.497 e. The molecule has 1 aromatic carbocycles. The maximum absolute atomic E-state index is 12.2. The molecular weight excluding hydrogens is 358 g/mol. The van der Waals surface area contributed by atoms with Gasteiger partial charge in [0.15, 0.2) is 0 Å². The van der Waals surface area contributed by atoms with Gasteiger partial charge in [0.1, 0.15) is 17.0 Å². The number of nitro groups is 1. The number of benzene rings is 1. The lowest BCUT2D eigenvalue weighted by molar-refractivity contribution is -0.384. The normalized spacial score (nSPS) is 10.3. The van der Waals surface area contributed by atoms with Crippen molar-refractivity contribution in [1.29, 1.82) is 0 Å². The number of carbonyl (C=O) groups excluding carboxylic acids is 2. The summed E-state index contributed by atoms with van der Waals surface area (Å²) in [5.41, 5.74) is -0.0566. The molecule has 0 atom stereocenters. The average molecular weight is 377 g/mol. The number of hydrogen-bond donors (Lipinski definition) is 0. The zero-order valence-electron chi connectivity index (χ0n) is 15.1. The molecular formula is C17H19N3O7. The van der Waals surface area contributed by atoms with Crippen LogP contribution in [0.4, 0.5) is 5.69 Å². The molecule has 0 spiro atoms. The van der Waals surface area contributed by atoms with Crippen LogP contribution >= 0.6 is 0 Å². The SMILES string of the molecule is CCOC(=O)Cc1c(C(=O)OCC)cnn1-c1cc(OC)ccc1[N+](=O)[O-]. The highest BCUT2D eigenvalue weighted by atomic mass is 16.6. The third-order valence-electron chi connectivity index (χ3n) is 3.59. The second kappa shape index (κ2) is 8.79. The van der Waals surface area contributed by atoms with Crippen LogP contribution in [0, 0.1) is 10.1 Å². The molecule has 1 heterocycles. The van der Waals surface area contributed by atoms with Gasteiger partial charge in [0.2, 0.25) is 0 Å². The van der Waals surface area contributed by atoms with Gasteiger partial charge in [-0.1, -0.05) is 0 Å². The molecule has 0 N–H and O–H groups in total. The summed E-state index contributed by atoms with van der Waals surface area (Å²) in [7, 11) is 1.41. The van der Waals surface area contributed by atoms with Crippen LogP contribution in [0.25, 0.3) is 5.69 Å². The van der Waals surface area contributed by atoms with Gasteiger partial charge in [0, 0.05) is 12.1 Å². The van der Waals surface area contributed by atoms with E-state index in [9.17, 15) is 19.7 Å². The standard InChI is InChI=1S/C17H19N3O7/c1-4-26-16(21)9-14-12(17(22)27-5-2)10-18-19(14)15-8-11(25-3)6-7-13(15)20(23)24/h6-8,10H,4-5,9H2,1-3H3. The zero-order chi connectivity index (χ0) is 20.0. The minimum atomic E-state index is -0.686. The molecule has 0 unspecified atom stereocenters. The maximum Gasteiger partial charge on any atom is 0.341 e. The Labute approximate surface area is 154 Å². The van der Waals surface area contributed by atoms with Gasteiger partial charge in [0.25, 0.3) is 5.69 Å². The van der Waals surface area contributed by atoms with Gasteiger partial charge in [0.05, 0.1) is 43.6 Å². The molecule has 0 saturated carbocycles. The Bertz CT molecular complexity index is 860. The largest absolute Gasteiger partial charge is 0.497 e. The Kier molecular flexibility index (Phi) is 6.47. The fourth-order valence-electron chi connectivity index (χ4n) is 2.43. The lowest BCUT2D eigenvalue weighted by Gasteiger charge is -2.11. The molecule has 10 heteroatoms. The third kappa shape index (κ3) is 4.40. The summed E-state index contributed by atoms with van der Waals surface area (Å²) in [5, 5.41) is 15.5. The van der Waals surface area contributed by atoms with E-state index in [1.54, 1.807) is 13.8 Å². The second-order valence-corrected chi connectivity index (χ2v) is 5.23. The molecule has 2 aromatic rings. The van der Waals surface area contributed by atoms with Crippen molar-refractivity contribution in [2.45, 2.75) is 20.3 Å². The highest BCUT2D eigenvalue weighted by Gasteiger charge is 2.26. The van der Waals surface area contributed by atoms with Gasteiger partial charge in [-0.05, 0) is 19.9 Å². The number of nitro benzene ring substituents is 1. The molecule has 0 bridgehead atoms. The van der Waals surface area contributed by atoms with Crippen molar-refractivity contribution in [2.24, 2.45) is 0 Å². The molecule has 0 radical (unpaired) electrons. The van der Waals surface area contributed by atoms with Crippen LogP contribution in [0.15, 0.2) is 24.4 Å². The van der Waals surface area contributed by atoms with E-state index in [1.165, 1.54) is 31.5 Å². The number of carbonyl (C=O) groups is 2. The predicted molar refractivity (Wildman–Crippen MR) is 93.1 cm³/mol. The highest BCUT2D eigenvalue weighted by molar-refractivity contribution is 5.92. The van der Waals surface area contributed by atoms with Gasteiger partial charge >= 0.3 is 11.9 Å². The summed E-state index contributed by atoms with van der Waals surface area (Å²) in [6.07, 6.45) is 0.895. The van der Waals surface area contributed by atoms with Crippen LogP contribution in [-0.2, 0) is 20.7 Å². The molecule has 0 fully saturated rings. The third-order valence-corrected chi connectivity index (χ3v) is 3.59. The summed E-state index contributed by atoms with van der Waals surface area (Å²) in [6.45, 7) is 3.57. The van der Waals surface area contributed by atoms with Crippen molar-refractivity contribution < 1.29 is 28.7 Å². The Balaban J connectivity index is 2.64. The number of rotatable bonds is 8. The molecule has 0 saturated heterocycles. The first-order valence-corrected chi connectivity index (χ1v) is 8.15. The van der Waals surface area contributed by atoms with Crippen LogP contribution < -0.4 is 4.74 Å². The van der Waals surface area contributed by atoms with Gasteiger partial charge in [-0.3, -0.25) is 14.9 Å². The first-order valence-electron chi connectivity index (χ1n) is 8.15. The Morgan fingerprint density at radius 1 is 1.22 bits per heavy atom. The van der Waals surface area contributed by atoms with E-state index in [0.29, 0.717) is 5.75 Å². The molecule has 0 amide bonds. The fraction of sp³-hybridized carbons (Fsp3) is 0.353. The van der Waals surface area contributed by atoms with Crippen molar-refractivity contribution >= 4 is 17.6 Å². The summed E-state index contributed by atoms with van der Waals surface area (Å²) in [6, 6.07) is 4.09. The molecule has 1 aromatic heterocycles. The molecule has 10 nitrogen and oxygen atoms in total. The monoisotopic (exact) mass is 377 g/mol. The highest BCUT2D eigenvalue weighted by Crippen LogP contribution is 2.29. The van der Waals surface area contributed by atoms with Crippen LogP contribution in [0.3, 0.4) is 0 Å². The van der Waals surface area contributed by atoms with Crippen molar-refractivity contribution in [3.8, 4) is 11.4 Å². The van der Waals surface area contributed by atoms with E-state index in [-0.39, 0.29) is 42.3 Å². The smallest absolute Gasteiger partial charge is 0.341 e. The minimum absolute atomic E-state index is 0.0296. The number of methoxy groups -OCH3 is 1. The lowest BCUT2D eigenvalue weighted by Crippen LogP contribution is -2.16. The van der Waals surface area contributed by atoms with Crippen LogP contribution in [0.2, 0.25) is 0 Å². The quantitative estimate of drug-likeness (QED) is 0.389. The van der Waals surface area contributed by atoms with Crippen LogP contribution in [-0.4, -0.2) is 47.0 Å². The zero-order valence-corrected chi connectivity index (χ0v) is 15.1. The Morgan fingerprint density at radius 2 is 1.93 bits per heavy atom. The van der Waals surface area contributed by atoms with Crippen molar-refractivity contribution in [1.82, 2.24) is 9.78 Å². The van der Waals surface area contributed by atoms with E-state index < -0.39 is 16.9 Å². The summed E-state index contributed by atoms with van der Waals surface area (Å²) < 4.78 is 16.2. The molecule has 144 valence electrons. The first-order chi connectivity index (χ1) is 12.9. The number of esters is 2. The molecule has 0 aliphatic heterocycles. The molecule has 0 aliphatic rings. The predicted octanol–water partition coefficient (Wildman–Crippen LogP) is 2.07. The fourth-order valence-corrected chi connectivity index (χ4v) is 2.43. The second-order valence-electron chi connectivity index (χ2n) is 5.23. The van der Waals surface area contributed by atoms with Crippen molar-refractivity contribution in [3.05, 3.63) is 45.8 Å². The first kappa shape index (κ1) is 19.9. The van der Waals surface area contributed by atoms with E-state index in [1.807, 2.05) is 0 Å². The van der Waals surface area contributed by atoms with Crippen LogP contribution in [0.5, 0.6) is 5.75 Å².